The zero-order chi connectivity index (χ0) is 59.3. The minimum Gasteiger partial charge on any atom is -0.504 e. The Kier molecular flexibility index (Phi) is 18.3. The second kappa shape index (κ2) is 26.6. The Labute approximate surface area is 486 Å². The van der Waals surface area contributed by atoms with Gasteiger partial charge in [-0.05, 0) is 84.9 Å². The number of benzene rings is 9. The monoisotopic (exact) mass is 1130 g/mol. The van der Waals surface area contributed by atoms with E-state index in [1.807, 2.05) is 60.7 Å². The van der Waals surface area contributed by atoms with E-state index in [2.05, 4.69) is 21.3 Å². The lowest BCUT2D eigenvalue weighted by Gasteiger charge is -2.35. The van der Waals surface area contributed by atoms with Crippen LogP contribution >= 0.6 is 0 Å². The molecule has 9 rings (SSSR count). The largest absolute Gasteiger partial charge is 0.504 e. The number of hydrogen-bond acceptors (Lipinski definition) is 18. The number of methoxy groups -OCH3 is 6. The van der Waals surface area contributed by atoms with Crippen LogP contribution in [-0.4, -0.2) is 85.7 Å². The Balaban J connectivity index is 1.22. The molecule has 9 aromatic carbocycles. The highest BCUT2D eigenvalue weighted by atomic mass is 16.5. The minimum absolute atomic E-state index is 0.0916. The van der Waals surface area contributed by atoms with E-state index in [4.69, 9.17) is 38.4 Å². The van der Waals surface area contributed by atoms with Crippen molar-refractivity contribution in [3.05, 3.63) is 215 Å². The normalized spacial score (nSPS) is 12.6. The number of nitrogens with one attached hydrogen (secondary N) is 4. The number of rotatable bonds is 24. The second-order valence-corrected chi connectivity index (χ2v) is 19.0. The van der Waals surface area contributed by atoms with Gasteiger partial charge in [-0.2, -0.15) is 0 Å². The summed E-state index contributed by atoms with van der Waals surface area (Å²) in [6, 6.07) is 48.4. The summed E-state index contributed by atoms with van der Waals surface area (Å²) in [5.41, 5.74) is 5.00. The molecule has 0 amide bonds. The van der Waals surface area contributed by atoms with Gasteiger partial charge in [0.1, 0.15) is 0 Å². The number of nitrogens with zero attached hydrogens (tertiary/aromatic N) is 2. The molecular weight excluding hydrogens is 1070 g/mol. The molecule has 0 saturated heterocycles. The minimum atomic E-state index is -1.02. The summed E-state index contributed by atoms with van der Waals surface area (Å²) in [5, 5.41) is 85.7. The fraction of sp³-hybridized carbons (Fsp3) is 0.152. The Bertz CT molecular complexity index is 3570. The van der Waals surface area contributed by atoms with Crippen LogP contribution < -0.4 is 49.7 Å². The summed E-state index contributed by atoms with van der Waals surface area (Å²) in [7, 11) is 8.74. The summed E-state index contributed by atoms with van der Waals surface area (Å²) in [6.45, 7) is 0. The summed E-state index contributed by atoms with van der Waals surface area (Å²) < 4.78 is 33.5. The maximum absolute atomic E-state index is 12.3. The van der Waals surface area contributed by atoms with Gasteiger partial charge in [-0.25, -0.2) is 0 Å². The molecule has 0 bridgehead atoms. The first-order valence-electron chi connectivity index (χ1n) is 26.5. The maximum atomic E-state index is 12.3. The van der Waals surface area contributed by atoms with Crippen LogP contribution in [0.25, 0.3) is 0 Å². The Hall–Kier alpha value is -10.9. The highest BCUT2D eigenvalue weighted by Gasteiger charge is 2.35. The predicted octanol–water partition coefficient (Wildman–Crippen LogP) is 13.5. The molecule has 0 aliphatic carbocycles. The van der Waals surface area contributed by atoms with Gasteiger partial charge in [0.2, 0.25) is 0 Å². The summed E-state index contributed by atoms with van der Waals surface area (Å²) in [4.78, 5) is 9.65. The van der Waals surface area contributed by atoms with E-state index >= 15 is 0 Å². The number of phenols is 6. The molecule has 0 aromatic heterocycles. The Morgan fingerprint density at radius 2 is 0.524 bits per heavy atom. The van der Waals surface area contributed by atoms with Crippen LogP contribution in [0.5, 0.6) is 69.0 Å². The number of anilines is 4. The molecule has 0 aliphatic rings. The molecule has 0 unspecified atom stereocenters. The fourth-order valence-corrected chi connectivity index (χ4v) is 9.90. The van der Waals surface area contributed by atoms with Crippen LogP contribution in [0.4, 0.5) is 34.1 Å². The zero-order valence-corrected chi connectivity index (χ0v) is 46.8. The molecule has 0 saturated carbocycles. The third-order valence-corrected chi connectivity index (χ3v) is 14.2. The van der Waals surface area contributed by atoms with Gasteiger partial charge in [-0.15, -0.1) is 0 Å². The molecule has 9 aromatic rings. The molecule has 4 atom stereocenters. The number of aromatic hydroxyl groups is 6. The van der Waals surface area contributed by atoms with E-state index in [9.17, 15) is 30.6 Å². The molecule has 10 N–H and O–H groups in total. The predicted molar refractivity (Wildman–Crippen MR) is 327 cm³/mol. The van der Waals surface area contributed by atoms with E-state index in [1.165, 1.54) is 55.1 Å². The lowest BCUT2D eigenvalue weighted by atomic mass is 9.90. The summed E-state index contributed by atoms with van der Waals surface area (Å²) in [6.07, 6.45) is 3.04. The quantitative estimate of drug-likeness (QED) is 0.0253. The standard InChI is InChI=1S/C66H64N6O12/c1-79-51-31-13-19-39(61(51)73)37-67-45-25-7-9-27-47(45)69-57(41-21-15-33-53(81-3)63(41)75)59(43-23-17-35-55(83-5)65(43)77)71-49-29-11-12-30-50(49)72-60(44-24-18-36-56(84-6)66(44)78)58(42-22-16-34-54(82-4)64(42)76)70-48-28-10-8-26-46(48)68-38-40-20-14-32-52(80-2)62(40)74/h7-38,57-60,69-78H,1-6H3/t57-,58-,59-,60-/m0/s1. The number of para-hydroxylation sites is 12. The van der Waals surface area contributed by atoms with Gasteiger partial charge in [-0.3, -0.25) is 9.98 Å². The van der Waals surface area contributed by atoms with Gasteiger partial charge in [0.25, 0.3) is 0 Å². The van der Waals surface area contributed by atoms with Crippen molar-refractivity contribution in [1.29, 1.82) is 0 Å². The molecule has 0 fully saturated rings. The fourth-order valence-electron chi connectivity index (χ4n) is 9.90. The highest BCUT2D eigenvalue weighted by molar-refractivity contribution is 5.89. The van der Waals surface area contributed by atoms with Gasteiger partial charge in [0, 0.05) is 45.8 Å². The molecule has 84 heavy (non-hydrogen) atoms. The molecule has 0 heterocycles. The number of phenolic OH excluding ortho intramolecular Hbond substituents is 6. The first-order chi connectivity index (χ1) is 40.9. The first-order valence-corrected chi connectivity index (χ1v) is 26.5. The van der Waals surface area contributed by atoms with Crippen LogP contribution in [0.1, 0.15) is 57.5 Å². The van der Waals surface area contributed by atoms with Crippen LogP contribution in [0.15, 0.2) is 192 Å². The zero-order valence-electron chi connectivity index (χ0n) is 46.8. The van der Waals surface area contributed by atoms with Crippen molar-refractivity contribution in [3.8, 4) is 69.0 Å². The van der Waals surface area contributed by atoms with E-state index < -0.39 is 24.2 Å². The average molecular weight is 1130 g/mol. The molecule has 18 heteroatoms. The molecule has 0 aliphatic heterocycles. The molecule has 430 valence electrons. The van der Waals surface area contributed by atoms with Crippen molar-refractivity contribution in [1.82, 2.24) is 0 Å². The van der Waals surface area contributed by atoms with Crippen molar-refractivity contribution in [3.63, 3.8) is 0 Å². The van der Waals surface area contributed by atoms with Gasteiger partial charge < -0.3 is 80.3 Å². The highest BCUT2D eigenvalue weighted by Crippen LogP contribution is 2.50. The van der Waals surface area contributed by atoms with E-state index in [-0.39, 0.29) is 69.0 Å². The van der Waals surface area contributed by atoms with Crippen molar-refractivity contribution in [2.75, 3.05) is 63.9 Å². The van der Waals surface area contributed by atoms with E-state index in [0.717, 1.165) is 0 Å². The number of aliphatic imine (C=N–C) groups is 2. The average Bonchev–Trinajstić information content (AvgIpc) is 3.23. The van der Waals surface area contributed by atoms with Crippen molar-refractivity contribution in [2.45, 2.75) is 24.2 Å². The third-order valence-electron chi connectivity index (χ3n) is 14.2. The molecule has 0 spiro atoms. The van der Waals surface area contributed by atoms with E-state index in [1.54, 1.807) is 121 Å². The first kappa shape index (κ1) is 57.8. The smallest absolute Gasteiger partial charge is 0.166 e. The van der Waals surface area contributed by atoms with Gasteiger partial charge in [-0.1, -0.05) is 97.1 Å². The van der Waals surface area contributed by atoms with Crippen LogP contribution in [0, 0.1) is 0 Å². The van der Waals surface area contributed by atoms with Gasteiger partial charge in [0.05, 0.1) is 101 Å². The second-order valence-electron chi connectivity index (χ2n) is 19.0. The molecule has 0 radical (unpaired) electrons. The molecular formula is C66H64N6O12. The Morgan fingerprint density at radius 1 is 0.286 bits per heavy atom. The van der Waals surface area contributed by atoms with Crippen LogP contribution in [-0.2, 0) is 0 Å². The van der Waals surface area contributed by atoms with Gasteiger partial charge >= 0.3 is 0 Å². The third kappa shape index (κ3) is 12.4. The maximum Gasteiger partial charge on any atom is 0.166 e. The number of hydrogen-bond donors (Lipinski definition) is 10. The summed E-state index contributed by atoms with van der Waals surface area (Å²) >= 11 is 0. The van der Waals surface area contributed by atoms with Crippen molar-refractivity contribution >= 4 is 46.6 Å². The lowest BCUT2D eigenvalue weighted by Crippen LogP contribution is -2.28. The summed E-state index contributed by atoms with van der Waals surface area (Å²) in [5.74, 6) is 0.304. The lowest BCUT2D eigenvalue weighted by molar-refractivity contribution is 0.363. The molecule has 18 nitrogen and oxygen atoms in total. The van der Waals surface area contributed by atoms with E-state index in [0.29, 0.717) is 67.5 Å². The van der Waals surface area contributed by atoms with Crippen molar-refractivity contribution in [2.24, 2.45) is 9.98 Å². The van der Waals surface area contributed by atoms with Gasteiger partial charge in [0.15, 0.2) is 69.0 Å². The Morgan fingerprint density at radius 3 is 0.810 bits per heavy atom. The SMILES string of the molecule is COc1cccc(C=Nc2ccccc2N[C@@H](c2cccc(OC)c2O)[C@@H](Nc2ccccc2N[C@@H](c2cccc(OC)c2O)[C@@H](Nc2ccccc2N=Cc2cccc(OC)c2O)c2cccc(OC)c2O)c2cccc(OC)c2O)c1O. The topological polar surface area (TPSA) is 250 Å². The van der Waals surface area contributed by atoms with Crippen LogP contribution in [0.3, 0.4) is 0 Å². The number of ether oxygens (including phenoxy) is 6. The van der Waals surface area contributed by atoms with Crippen molar-refractivity contribution < 1.29 is 59.1 Å². The van der Waals surface area contributed by atoms with Crippen LogP contribution in [0.2, 0.25) is 0 Å².